The summed E-state index contributed by atoms with van der Waals surface area (Å²) in [5.74, 6) is -1.86. The number of phenolic OH excluding ortho intramolecular Hbond substituents is 1. The number of anilines is 1. The molecule has 110 valence electrons. The van der Waals surface area contributed by atoms with Crippen LogP contribution in [0, 0.1) is 13.8 Å². The third kappa shape index (κ3) is 2.71. The molecule has 1 aromatic carbocycles. The first-order valence-electron chi connectivity index (χ1n) is 6.19. The van der Waals surface area contributed by atoms with Gasteiger partial charge in [-0.25, -0.2) is 4.79 Å². The van der Waals surface area contributed by atoms with Crippen molar-refractivity contribution in [3.8, 4) is 5.75 Å². The zero-order valence-corrected chi connectivity index (χ0v) is 11.8. The second-order valence-corrected chi connectivity index (χ2v) is 4.66. The van der Waals surface area contributed by atoms with Crippen molar-refractivity contribution in [1.29, 1.82) is 0 Å². The van der Waals surface area contributed by atoms with Crippen molar-refractivity contribution in [3.05, 3.63) is 40.7 Å². The second kappa shape index (κ2) is 5.28. The highest BCUT2D eigenvalue weighted by atomic mass is 16.4. The van der Waals surface area contributed by atoms with Gasteiger partial charge in [0.1, 0.15) is 5.75 Å². The number of rotatable bonds is 3. The Balaban J connectivity index is 2.38. The molecule has 1 heterocycles. The molecule has 0 fully saturated rings. The summed E-state index contributed by atoms with van der Waals surface area (Å²) in [4.78, 5) is 23.5. The van der Waals surface area contributed by atoms with Crippen molar-refractivity contribution in [2.24, 2.45) is 7.05 Å². The van der Waals surface area contributed by atoms with Gasteiger partial charge in [0.05, 0.1) is 22.5 Å². The van der Waals surface area contributed by atoms with Crippen molar-refractivity contribution in [3.63, 3.8) is 0 Å². The Morgan fingerprint density at radius 1 is 1.29 bits per heavy atom. The highest BCUT2D eigenvalue weighted by Gasteiger charge is 2.20. The van der Waals surface area contributed by atoms with E-state index in [1.807, 2.05) is 0 Å². The van der Waals surface area contributed by atoms with Gasteiger partial charge < -0.3 is 15.5 Å². The van der Waals surface area contributed by atoms with Crippen LogP contribution in [0.25, 0.3) is 0 Å². The number of aromatic nitrogens is 2. The lowest BCUT2D eigenvalue weighted by atomic mass is 10.1. The molecule has 1 aromatic heterocycles. The first-order valence-corrected chi connectivity index (χ1v) is 6.19. The quantitative estimate of drug-likeness (QED) is 0.746. The highest BCUT2D eigenvalue weighted by molar-refractivity contribution is 6.09. The molecule has 0 aliphatic heterocycles. The summed E-state index contributed by atoms with van der Waals surface area (Å²) in [6.07, 6.45) is 0. The third-order valence-corrected chi connectivity index (χ3v) is 3.22. The minimum absolute atomic E-state index is 0.118. The number of benzene rings is 1. The molecular weight excluding hydrogens is 274 g/mol. The van der Waals surface area contributed by atoms with E-state index in [1.165, 1.54) is 12.1 Å². The van der Waals surface area contributed by atoms with E-state index in [2.05, 4.69) is 10.4 Å². The molecule has 3 N–H and O–H groups in total. The van der Waals surface area contributed by atoms with Crippen LogP contribution in [0.2, 0.25) is 0 Å². The number of phenols is 1. The summed E-state index contributed by atoms with van der Waals surface area (Å²) in [6, 6.07) is 3.74. The summed E-state index contributed by atoms with van der Waals surface area (Å²) in [5.41, 5.74) is 1.58. The van der Waals surface area contributed by atoms with Crippen LogP contribution in [0.1, 0.15) is 32.1 Å². The van der Waals surface area contributed by atoms with Crippen LogP contribution in [-0.2, 0) is 7.05 Å². The standard InChI is InChI=1S/C14H15N3O4/c1-7-12(8(2)17(3)16-7)13(19)15-11-5-4-9(18)6-10(11)14(20)21/h4-6,18H,1-3H3,(H,15,19)(H,20,21). The monoisotopic (exact) mass is 289 g/mol. The molecule has 0 radical (unpaired) electrons. The number of nitrogens with one attached hydrogen (secondary N) is 1. The molecule has 1 amide bonds. The number of aromatic hydroxyl groups is 1. The maximum absolute atomic E-state index is 12.3. The Hall–Kier alpha value is -2.83. The van der Waals surface area contributed by atoms with E-state index in [9.17, 15) is 14.7 Å². The Morgan fingerprint density at radius 2 is 1.95 bits per heavy atom. The molecule has 0 aliphatic carbocycles. The Morgan fingerprint density at radius 3 is 2.48 bits per heavy atom. The zero-order valence-electron chi connectivity index (χ0n) is 11.8. The summed E-state index contributed by atoms with van der Waals surface area (Å²) >= 11 is 0. The van der Waals surface area contributed by atoms with Gasteiger partial charge in [0.2, 0.25) is 0 Å². The molecule has 2 rings (SSSR count). The zero-order chi connectivity index (χ0) is 15.7. The van der Waals surface area contributed by atoms with E-state index in [4.69, 9.17) is 5.11 Å². The maximum atomic E-state index is 12.3. The van der Waals surface area contributed by atoms with Gasteiger partial charge in [-0.15, -0.1) is 0 Å². The lowest BCUT2D eigenvalue weighted by Gasteiger charge is -2.09. The minimum Gasteiger partial charge on any atom is -0.508 e. The van der Waals surface area contributed by atoms with E-state index in [-0.39, 0.29) is 17.0 Å². The number of aromatic carboxylic acids is 1. The molecule has 0 saturated carbocycles. The number of carboxylic acid groups (broad SMARTS) is 1. The highest BCUT2D eigenvalue weighted by Crippen LogP contribution is 2.23. The Kier molecular flexibility index (Phi) is 3.66. The van der Waals surface area contributed by atoms with Crippen LogP contribution in [0.3, 0.4) is 0 Å². The number of amides is 1. The van der Waals surface area contributed by atoms with Gasteiger partial charge in [0.15, 0.2) is 0 Å². The van der Waals surface area contributed by atoms with Crippen LogP contribution in [0.15, 0.2) is 18.2 Å². The normalized spacial score (nSPS) is 10.4. The van der Waals surface area contributed by atoms with Crippen molar-refractivity contribution in [1.82, 2.24) is 9.78 Å². The SMILES string of the molecule is Cc1nn(C)c(C)c1C(=O)Nc1ccc(O)cc1C(=O)O. The number of nitrogens with zero attached hydrogens (tertiary/aromatic N) is 2. The van der Waals surface area contributed by atoms with Crippen molar-refractivity contribution >= 4 is 17.6 Å². The average Bonchev–Trinajstić information content (AvgIpc) is 2.65. The van der Waals surface area contributed by atoms with Crippen LogP contribution in [-0.4, -0.2) is 31.9 Å². The Labute approximate surface area is 120 Å². The average molecular weight is 289 g/mol. The summed E-state index contributed by atoms with van der Waals surface area (Å²) < 4.78 is 1.58. The van der Waals surface area contributed by atoms with Crippen LogP contribution < -0.4 is 5.32 Å². The van der Waals surface area contributed by atoms with Gasteiger partial charge in [-0.3, -0.25) is 9.48 Å². The van der Waals surface area contributed by atoms with Crippen molar-refractivity contribution < 1.29 is 19.8 Å². The number of carboxylic acids is 1. The first kappa shape index (κ1) is 14.6. The molecular formula is C14H15N3O4. The van der Waals surface area contributed by atoms with Gasteiger partial charge in [0, 0.05) is 12.7 Å². The van der Waals surface area contributed by atoms with E-state index in [0.717, 1.165) is 6.07 Å². The molecule has 7 nitrogen and oxygen atoms in total. The number of carbonyl (C=O) groups excluding carboxylic acids is 1. The summed E-state index contributed by atoms with van der Waals surface area (Å²) in [6.45, 7) is 3.46. The number of hydrogen-bond donors (Lipinski definition) is 3. The molecule has 0 aliphatic rings. The van der Waals surface area contributed by atoms with Gasteiger partial charge in [0.25, 0.3) is 5.91 Å². The van der Waals surface area contributed by atoms with E-state index >= 15 is 0 Å². The topological polar surface area (TPSA) is 104 Å². The summed E-state index contributed by atoms with van der Waals surface area (Å²) in [7, 11) is 1.72. The summed E-state index contributed by atoms with van der Waals surface area (Å²) in [5, 5.41) is 25.1. The minimum atomic E-state index is -1.24. The fourth-order valence-corrected chi connectivity index (χ4v) is 2.11. The Bertz CT molecular complexity index is 734. The van der Waals surface area contributed by atoms with Crippen LogP contribution in [0.4, 0.5) is 5.69 Å². The van der Waals surface area contributed by atoms with Crippen LogP contribution >= 0.6 is 0 Å². The molecule has 2 aromatic rings. The fourth-order valence-electron chi connectivity index (χ4n) is 2.11. The smallest absolute Gasteiger partial charge is 0.337 e. The molecule has 7 heteroatoms. The maximum Gasteiger partial charge on any atom is 0.337 e. The lowest BCUT2D eigenvalue weighted by Crippen LogP contribution is -2.16. The van der Waals surface area contributed by atoms with Crippen molar-refractivity contribution in [2.45, 2.75) is 13.8 Å². The van der Waals surface area contributed by atoms with E-state index in [1.54, 1.807) is 25.6 Å². The lowest BCUT2D eigenvalue weighted by molar-refractivity contribution is 0.0697. The largest absolute Gasteiger partial charge is 0.508 e. The third-order valence-electron chi connectivity index (χ3n) is 3.22. The molecule has 0 atom stereocenters. The van der Waals surface area contributed by atoms with Crippen LogP contribution in [0.5, 0.6) is 5.75 Å². The number of aryl methyl sites for hydroxylation is 2. The van der Waals surface area contributed by atoms with Gasteiger partial charge in [-0.2, -0.15) is 5.10 Å². The predicted molar refractivity (Wildman–Crippen MR) is 75.7 cm³/mol. The first-order chi connectivity index (χ1) is 9.81. The number of hydrogen-bond acceptors (Lipinski definition) is 4. The van der Waals surface area contributed by atoms with Gasteiger partial charge in [-0.1, -0.05) is 0 Å². The van der Waals surface area contributed by atoms with Crippen molar-refractivity contribution in [2.75, 3.05) is 5.32 Å². The van der Waals surface area contributed by atoms with E-state index < -0.39 is 11.9 Å². The fraction of sp³-hybridized carbons (Fsp3) is 0.214. The van der Waals surface area contributed by atoms with Gasteiger partial charge >= 0.3 is 5.97 Å². The predicted octanol–water partition coefficient (Wildman–Crippen LogP) is 1.69. The van der Waals surface area contributed by atoms with Gasteiger partial charge in [-0.05, 0) is 32.0 Å². The molecule has 0 saturated heterocycles. The van der Waals surface area contributed by atoms with E-state index in [0.29, 0.717) is 17.0 Å². The molecule has 21 heavy (non-hydrogen) atoms. The second-order valence-electron chi connectivity index (χ2n) is 4.66. The number of carbonyl (C=O) groups is 2. The molecule has 0 spiro atoms. The molecule has 0 bridgehead atoms. The molecule has 0 unspecified atom stereocenters.